The summed E-state index contributed by atoms with van der Waals surface area (Å²) in [6.07, 6.45) is 3.46. The molecule has 0 aliphatic rings. The van der Waals surface area contributed by atoms with Gasteiger partial charge in [-0.15, -0.1) is 5.10 Å². The van der Waals surface area contributed by atoms with Gasteiger partial charge in [-0.05, 0) is 13.8 Å². The SMILES string of the molecule is CC(C)n1ncnc1Cn1cc(CBr)nn1. The first kappa shape index (κ1) is 11.3. The van der Waals surface area contributed by atoms with Gasteiger partial charge < -0.3 is 0 Å². The normalized spacial score (nSPS) is 11.2. The molecule has 0 atom stereocenters. The number of hydrogen-bond donors (Lipinski definition) is 0. The zero-order chi connectivity index (χ0) is 11.5. The van der Waals surface area contributed by atoms with Crippen LogP contribution in [0.2, 0.25) is 0 Å². The second kappa shape index (κ2) is 4.73. The zero-order valence-corrected chi connectivity index (χ0v) is 10.8. The topological polar surface area (TPSA) is 61.4 Å². The summed E-state index contributed by atoms with van der Waals surface area (Å²) in [7, 11) is 0. The van der Waals surface area contributed by atoms with Crippen molar-refractivity contribution in [3.63, 3.8) is 0 Å². The Bertz CT molecular complexity index is 460. The molecule has 2 aromatic heterocycles. The Morgan fingerprint density at radius 2 is 2.25 bits per heavy atom. The number of nitrogens with zero attached hydrogens (tertiary/aromatic N) is 6. The van der Waals surface area contributed by atoms with Crippen LogP contribution < -0.4 is 0 Å². The van der Waals surface area contributed by atoms with E-state index in [0.717, 1.165) is 11.5 Å². The second-order valence-corrected chi connectivity index (χ2v) is 4.32. The lowest BCUT2D eigenvalue weighted by Gasteiger charge is -2.08. The van der Waals surface area contributed by atoms with Gasteiger partial charge in [0, 0.05) is 17.6 Å². The summed E-state index contributed by atoms with van der Waals surface area (Å²) in [6, 6.07) is 0.302. The van der Waals surface area contributed by atoms with E-state index >= 15 is 0 Å². The summed E-state index contributed by atoms with van der Waals surface area (Å²) in [5.41, 5.74) is 0.913. The molecule has 7 heteroatoms. The summed E-state index contributed by atoms with van der Waals surface area (Å²) < 4.78 is 3.65. The molecular formula is C9H13BrN6. The highest BCUT2D eigenvalue weighted by Gasteiger charge is 2.09. The van der Waals surface area contributed by atoms with E-state index in [0.29, 0.717) is 17.9 Å². The molecule has 0 aromatic carbocycles. The van der Waals surface area contributed by atoms with Gasteiger partial charge in [0.1, 0.15) is 18.7 Å². The number of halogens is 1. The smallest absolute Gasteiger partial charge is 0.148 e. The lowest BCUT2D eigenvalue weighted by molar-refractivity contribution is 0.485. The fourth-order valence-corrected chi connectivity index (χ4v) is 1.70. The van der Waals surface area contributed by atoms with E-state index in [4.69, 9.17) is 0 Å². The van der Waals surface area contributed by atoms with E-state index in [1.54, 1.807) is 11.0 Å². The van der Waals surface area contributed by atoms with Crippen LogP contribution in [-0.2, 0) is 11.9 Å². The van der Waals surface area contributed by atoms with Gasteiger partial charge in [0.25, 0.3) is 0 Å². The number of alkyl halides is 1. The van der Waals surface area contributed by atoms with Crippen molar-refractivity contribution in [2.75, 3.05) is 0 Å². The van der Waals surface area contributed by atoms with E-state index in [1.807, 2.05) is 10.9 Å². The Kier molecular flexibility index (Phi) is 3.33. The standard InChI is InChI=1S/C9H13BrN6/c1-7(2)16-9(11-6-12-16)5-15-4-8(3-10)13-14-15/h4,6-7H,3,5H2,1-2H3. The van der Waals surface area contributed by atoms with E-state index in [-0.39, 0.29) is 0 Å². The van der Waals surface area contributed by atoms with Crippen molar-refractivity contribution in [3.8, 4) is 0 Å². The average Bonchev–Trinajstić information content (AvgIpc) is 2.87. The van der Waals surface area contributed by atoms with Crippen molar-refractivity contribution in [2.45, 2.75) is 31.8 Å². The minimum Gasteiger partial charge on any atom is -0.246 e. The summed E-state index contributed by atoms with van der Waals surface area (Å²) in [4.78, 5) is 4.22. The molecule has 2 aromatic rings. The molecule has 0 radical (unpaired) electrons. The van der Waals surface area contributed by atoms with Crippen LogP contribution in [0.5, 0.6) is 0 Å². The maximum Gasteiger partial charge on any atom is 0.148 e. The maximum absolute atomic E-state index is 4.22. The lowest BCUT2D eigenvalue weighted by atomic mass is 10.4. The molecule has 0 unspecified atom stereocenters. The molecule has 2 rings (SSSR count). The highest BCUT2D eigenvalue weighted by molar-refractivity contribution is 9.08. The van der Waals surface area contributed by atoms with E-state index in [2.05, 4.69) is 50.2 Å². The number of hydrogen-bond acceptors (Lipinski definition) is 4. The van der Waals surface area contributed by atoms with E-state index in [1.165, 1.54) is 0 Å². The molecule has 0 fully saturated rings. The van der Waals surface area contributed by atoms with Crippen LogP contribution in [0.3, 0.4) is 0 Å². The summed E-state index contributed by atoms with van der Waals surface area (Å²) >= 11 is 3.34. The zero-order valence-electron chi connectivity index (χ0n) is 9.21. The summed E-state index contributed by atoms with van der Waals surface area (Å²) in [5, 5.41) is 12.9. The first-order valence-corrected chi connectivity index (χ1v) is 6.16. The van der Waals surface area contributed by atoms with E-state index in [9.17, 15) is 0 Å². The number of rotatable bonds is 4. The highest BCUT2D eigenvalue weighted by atomic mass is 79.9. The van der Waals surface area contributed by atoms with Crippen LogP contribution in [0, 0.1) is 0 Å². The molecule has 86 valence electrons. The summed E-state index contributed by atoms with van der Waals surface area (Å²) in [6.45, 7) is 4.74. The average molecular weight is 285 g/mol. The second-order valence-electron chi connectivity index (χ2n) is 3.76. The quantitative estimate of drug-likeness (QED) is 0.796. The highest BCUT2D eigenvalue weighted by Crippen LogP contribution is 2.07. The molecule has 0 aliphatic heterocycles. The molecule has 2 heterocycles. The van der Waals surface area contributed by atoms with Crippen LogP contribution in [0.25, 0.3) is 0 Å². The minimum atomic E-state index is 0.302. The summed E-state index contributed by atoms with van der Waals surface area (Å²) in [5.74, 6) is 0.890. The third-order valence-electron chi connectivity index (χ3n) is 2.16. The Hall–Kier alpha value is -1.24. The molecule has 0 N–H and O–H groups in total. The predicted molar refractivity (Wildman–Crippen MR) is 62.2 cm³/mol. The maximum atomic E-state index is 4.22. The molecule has 0 bridgehead atoms. The van der Waals surface area contributed by atoms with Crippen molar-refractivity contribution < 1.29 is 0 Å². The van der Waals surface area contributed by atoms with E-state index < -0.39 is 0 Å². The van der Waals surface area contributed by atoms with Crippen molar-refractivity contribution >= 4 is 15.9 Å². The predicted octanol–water partition coefficient (Wildman–Crippen LogP) is 1.39. The third kappa shape index (κ3) is 2.29. The van der Waals surface area contributed by atoms with Crippen molar-refractivity contribution in [1.82, 2.24) is 29.8 Å². The monoisotopic (exact) mass is 284 g/mol. The lowest BCUT2D eigenvalue weighted by Crippen LogP contribution is -2.12. The number of aromatic nitrogens is 6. The fraction of sp³-hybridized carbons (Fsp3) is 0.556. The first-order chi connectivity index (χ1) is 7.70. The van der Waals surface area contributed by atoms with Gasteiger partial charge in [-0.2, -0.15) is 5.10 Å². The molecular weight excluding hydrogens is 272 g/mol. The largest absolute Gasteiger partial charge is 0.246 e. The van der Waals surface area contributed by atoms with Crippen molar-refractivity contribution in [2.24, 2.45) is 0 Å². The Labute approximate surface area is 102 Å². The van der Waals surface area contributed by atoms with Gasteiger partial charge >= 0.3 is 0 Å². The molecule has 0 spiro atoms. The molecule has 0 amide bonds. The fourth-order valence-electron chi connectivity index (χ4n) is 1.44. The van der Waals surface area contributed by atoms with Gasteiger partial charge in [0.15, 0.2) is 0 Å². The first-order valence-electron chi connectivity index (χ1n) is 5.04. The van der Waals surface area contributed by atoms with Gasteiger partial charge in [0.2, 0.25) is 0 Å². The van der Waals surface area contributed by atoms with Crippen LogP contribution in [0.1, 0.15) is 31.4 Å². The Morgan fingerprint density at radius 3 is 2.88 bits per heavy atom. The van der Waals surface area contributed by atoms with Crippen LogP contribution in [0.4, 0.5) is 0 Å². The Balaban J connectivity index is 2.17. The van der Waals surface area contributed by atoms with Crippen LogP contribution in [-0.4, -0.2) is 29.8 Å². The van der Waals surface area contributed by atoms with Gasteiger partial charge in [0.05, 0.1) is 5.69 Å². The third-order valence-corrected chi connectivity index (χ3v) is 2.74. The van der Waals surface area contributed by atoms with Gasteiger partial charge in [-0.3, -0.25) is 0 Å². The van der Waals surface area contributed by atoms with Gasteiger partial charge in [-0.25, -0.2) is 14.3 Å². The molecule has 0 saturated heterocycles. The van der Waals surface area contributed by atoms with Crippen LogP contribution >= 0.6 is 15.9 Å². The Morgan fingerprint density at radius 1 is 1.44 bits per heavy atom. The van der Waals surface area contributed by atoms with Gasteiger partial charge in [-0.1, -0.05) is 21.1 Å². The van der Waals surface area contributed by atoms with Crippen molar-refractivity contribution in [1.29, 1.82) is 0 Å². The molecule has 16 heavy (non-hydrogen) atoms. The van der Waals surface area contributed by atoms with Crippen LogP contribution in [0.15, 0.2) is 12.5 Å². The van der Waals surface area contributed by atoms with Crippen molar-refractivity contribution in [3.05, 3.63) is 24.0 Å². The molecule has 6 nitrogen and oxygen atoms in total. The molecule has 0 saturated carbocycles. The molecule has 0 aliphatic carbocycles. The minimum absolute atomic E-state index is 0.302.